The summed E-state index contributed by atoms with van der Waals surface area (Å²) in [5.74, 6) is -0.101. The standard InChI is InChI=1S/C15H25FN2O2S/c1-12(2)6-4-5-9-18-21(19,20)15-8-7-13(11-17-3)10-14(15)16/h7-8,10,12,17-18H,4-6,9,11H2,1-3H3. The van der Waals surface area contributed by atoms with E-state index in [4.69, 9.17) is 0 Å². The topological polar surface area (TPSA) is 58.2 Å². The van der Waals surface area contributed by atoms with Crippen LogP contribution in [0.15, 0.2) is 23.1 Å². The number of benzene rings is 1. The molecule has 0 amide bonds. The van der Waals surface area contributed by atoms with Gasteiger partial charge in [0.15, 0.2) is 0 Å². The lowest BCUT2D eigenvalue weighted by molar-refractivity contribution is 0.527. The molecule has 120 valence electrons. The number of rotatable bonds is 9. The maximum atomic E-state index is 13.9. The van der Waals surface area contributed by atoms with E-state index in [0.717, 1.165) is 19.3 Å². The molecule has 1 aromatic rings. The third-order valence-corrected chi connectivity index (χ3v) is 4.66. The van der Waals surface area contributed by atoms with Crippen LogP contribution >= 0.6 is 0 Å². The average Bonchev–Trinajstić information content (AvgIpc) is 2.38. The SMILES string of the molecule is CNCc1ccc(S(=O)(=O)NCCCCC(C)C)c(F)c1. The third-order valence-electron chi connectivity index (χ3n) is 3.17. The number of nitrogens with one attached hydrogen (secondary N) is 2. The van der Waals surface area contributed by atoms with Gasteiger partial charge in [0.2, 0.25) is 10.0 Å². The first-order chi connectivity index (χ1) is 9.86. The fourth-order valence-electron chi connectivity index (χ4n) is 2.04. The van der Waals surface area contributed by atoms with Crippen LogP contribution in [0.4, 0.5) is 4.39 Å². The predicted octanol–water partition coefficient (Wildman–Crippen LogP) is 2.65. The number of hydrogen-bond donors (Lipinski definition) is 2. The number of hydrogen-bond acceptors (Lipinski definition) is 3. The maximum absolute atomic E-state index is 13.9. The van der Waals surface area contributed by atoms with Gasteiger partial charge in [-0.1, -0.05) is 32.8 Å². The van der Waals surface area contributed by atoms with E-state index in [9.17, 15) is 12.8 Å². The second-order valence-electron chi connectivity index (χ2n) is 5.58. The van der Waals surface area contributed by atoms with Gasteiger partial charge in [-0.25, -0.2) is 17.5 Å². The summed E-state index contributed by atoms with van der Waals surface area (Å²) in [5.41, 5.74) is 0.714. The van der Waals surface area contributed by atoms with Crippen LogP contribution in [0, 0.1) is 11.7 Å². The number of sulfonamides is 1. The summed E-state index contributed by atoms with van der Waals surface area (Å²) in [5, 5.41) is 2.90. The van der Waals surface area contributed by atoms with Gasteiger partial charge in [0, 0.05) is 13.1 Å². The fourth-order valence-corrected chi connectivity index (χ4v) is 3.17. The van der Waals surface area contributed by atoms with Gasteiger partial charge < -0.3 is 5.32 Å². The van der Waals surface area contributed by atoms with Crippen LogP contribution in [0.25, 0.3) is 0 Å². The zero-order chi connectivity index (χ0) is 15.9. The van der Waals surface area contributed by atoms with Gasteiger partial charge in [-0.15, -0.1) is 0 Å². The van der Waals surface area contributed by atoms with E-state index in [1.807, 2.05) is 0 Å². The van der Waals surface area contributed by atoms with E-state index in [1.54, 1.807) is 13.1 Å². The lowest BCUT2D eigenvalue weighted by Crippen LogP contribution is -2.25. The Morgan fingerprint density at radius 3 is 2.52 bits per heavy atom. The van der Waals surface area contributed by atoms with Crippen molar-refractivity contribution in [2.24, 2.45) is 5.92 Å². The number of unbranched alkanes of at least 4 members (excludes halogenated alkanes) is 1. The summed E-state index contributed by atoms with van der Waals surface area (Å²) in [7, 11) is -2.02. The molecule has 0 aliphatic carbocycles. The minimum atomic E-state index is -3.77. The van der Waals surface area contributed by atoms with Gasteiger partial charge in [-0.3, -0.25) is 0 Å². The van der Waals surface area contributed by atoms with E-state index in [-0.39, 0.29) is 4.90 Å². The summed E-state index contributed by atoms with van der Waals surface area (Å²) in [6.45, 7) is 5.10. The second-order valence-corrected chi connectivity index (χ2v) is 7.32. The van der Waals surface area contributed by atoms with E-state index >= 15 is 0 Å². The zero-order valence-corrected chi connectivity index (χ0v) is 13.8. The summed E-state index contributed by atoms with van der Waals surface area (Å²) < 4.78 is 40.5. The van der Waals surface area contributed by atoms with Gasteiger partial charge in [0.05, 0.1) is 0 Å². The molecule has 1 rings (SSSR count). The van der Waals surface area contributed by atoms with Crippen LogP contribution in [-0.4, -0.2) is 22.0 Å². The summed E-state index contributed by atoms with van der Waals surface area (Å²) in [4.78, 5) is -0.286. The molecule has 0 fully saturated rings. The quantitative estimate of drug-likeness (QED) is 0.689. The van der Waals surface area contributed by atoms with E-state index in [0.29, 0.717) is 24.6 Å². The van der Waals surface area contributed by atoms with Crippen molar-refractivity contribution >= 4 is 10.0 Å². The molecule has 0 aromatic heterocycles. The third kappa shape index (κ3) is 6.11. The van der Waals surface area contributed by atoms with Gasteiger partial charge in [-0.2, -0.15) is 0 Å². The Balaban J connectivity index is 2.61. The van der Waals surface area contributed by atoms with Gasteiger partial charge in [0.1, 0.15) is 10.7 Å². The minimum absolute atomic E-state index is 0.286. The highest BCUT2D eigenvalue weighted by Gasteiger charge is 2.18. The molecule has 4 nitrogen and oxygen atoms in total. The Morgan fingerprint density at radius 2 is 1.95 bits per heavy atom. The molecule has 0 bridgehead atoms. The Labute approximate surface area is 127 Å². The number of halogens is 1. The highest BCUT2D eigenvalue weighted by Crippen LogP contribution is 2.16. The molecular formula is C15H25FN2O2S. The second kappa shape index (κ2) is 8.46. The normalized spacial score (nSPS) is 12.0. The Hall–Kier alpha value is -0.980. The zero-order valence-electron chi connectivity index (χ0n) is 12.9. The lowest BCUT2D eigenvalue weighted by atomic mass is 10.1. The molecule has 1 aromatic carbocycles. The molecular weight excluding hydrogens is 291 g/mol. The smallest absolute Gasteiger partial charge is 0.243 e. The Morgan fingerprint density at radius 1 is 1.24 bits per heavy atom. The van der Waals surface area contributed by atoms with Crippen molar-refractivity contribution in [3.8, 4) is 0 Å². The molecule has 0 saturated carbocycles. The van der Waals surface area contributed by atoms with Gasteiger partial charge >= 0.3 is 0 Å². The monoisotopic (exact) mass is 316 g/mol. The van der Waals surface area contributed by atoms with Crippen LogP contribution in [0.1, 0.15) is 38.7 Å². The predicted molar refractivity (Wildman–Crippen MR) is 83.0 cm³/mol. The molecule has 21 heavy (non-hydrogen) atoms. The Bertz CT molecular complexity index is 545. The Kier molecular flexibility index (Phi) is 7.28. The fraction of sp³-hybridized carbons (Fsp3) is 0.600. The molecule has 2 N–H and O–H groups in total. The summed E-state index contributed by atoms with van der Waals surface area (Å²) in [6.07, 6.45) is 2.79. The van der Waals surface area contributed by atoms with Crippen LogP contribution in [-0.2, 0) is 16.6 Å². The molecule has 0 aliphatic heterocycles. The molecule has 0 spiro atoms. The highest BCUT2D eigenvalue weighted by molar-refractivity contribution is 7.89. The highest BCUT2D eigenvalue weighted by atomic mass is 32.2. The molecule has 6 heteroatoms. The van der Waals surface area contributed by atoms with Crippen LogP contribution in [0.2, 0.25) is 0 Å². The van der Waals surface area contributed by atoms with Crippen molar-refractivity contribution in [2.45, 2.75) is 44.6 Å². The van der Waals surface area contributed by atoms with E-state index < -0.39 is 15.8 Å². The molecule has 0 unspecified atom stereocenters. The average molecular weight is 316 g/mol. The first-order valence-corrected chi connectivity index (χ1v) is 8.78. The largest absolute Gasteiger partial charge is 0.316 e. The molecule has 0 radical (unpaired) electrons. The first-order valence-electron chi connectivity index (χ1n) is 7.29. The summed E-state index contributed by atoms with van der Waals surface area (Å²) in [6, 6.07) is 4.19. The van der Waals surface area contributed by atoms with E-state index in [1.165, 1.54) is 12.1 Å². The van der Waals surface area contributed by atoms with Gasteiger partial charge in [-0.05, 0) is 37.1 Å². The van der Waals surface area contributed by atoms with Crippen LogP contribution in [0.5, 0.6) is 0 Å². The first kappa shape index (κ1) is 18.1. The molecule has 0 aliphatic rings. The maximum Gasteiger partial charge on any atom is 0.243 e. The van der Waals surface area contributed by atoms with Crippen molar-refractivity contribution in [1.29, 1.82) is 0 Å². The molecule has 0 atom stereocenters. The van der Waals surface area contributed by atoms with Crippen molar-refractivity contribution in [1.82, 2.24) is 10.0 Å². The van der Waals surface area contributed by atoms with Crippen LogP contribution in [0.3, 0.4) is 0 Å². The molecule has 0 saturated heterocycles. The van der Waals surface area contributed by atoms with E-state index in [2.05, 4.69) is 23.9 Å². The molecule has 0 heterocycles. The van der Waals surface area contributed by atoms with Crippen LogP contribution < -0.4 is 10.0 Å². The van der Waals surface area contributed by atoms with Gasteiger partial charge in [0.25, 0.3) is 0 Å². The minimum Gasteiger partial charge on any atom is -0.316 e. The summed E-state index contributed by atoms with van der Waals surface area (Å²) >= 11 is 0. The van der Waals surface area contributed by atoms with Crippen molar-refractivity contribution in [3.05, 3.63) is 29.6 Å². The van der Waals surface area contributed by atoms with Crippen molar-refractivity contribution in [3.63, 3.8) is 0 Å². The van der Waals surface area contributed by atoms with Crippen molar-refractivity contribution < 1.29 is 12.8 Å². The van der Waals surface area contributed by atoms with Crippen molar-refractivity contribution in [2.75, 3.05) is 13.6 Å². The lowest BCUT2D eigenvalue weighted by Gasteiger charge is -2.09.